The van der Waals surface area contributed by atoms with Crippen LogP contribution in [0.15, 0.2) is 48.7 Å². The molecule has 0 aliphatic carbocycles. The third-order valence-electron chi connectivity index (χ3n) is 4.69. The van der Waals surface area contributed by atoms with Crippen LogP contribution in [0.25, 0.3) is 0 Å². The van der Waals surface area contributed by atoms with Gasteiger partial charge in [0.15, 0.2) is 0 Å². The SMILES string of the molecule is Cc1ccccc1C(=O)N1C(C(=O)NCc2ccccn2)CSC1C(C)C. The van der Waals surface area contributed by atoms with Gasteiger partial charge in [-0.25, -0.2) is 0 Å². The first kappa shape index (κ1) is 19.4. The lowest BCUT2D eigenvalue weighted by molar-refractivity contribution is -0.125. The molecule has 27 heavy (non-hydrogen) atoms. The van der Waals surface area contributed by atoms with Gasteiger partial charge >= 0.3 is 0 Å². The van der Waals surface area contributed by atoms with Crippen molar-refractivity contribution in [2.75, 3.05) is 5.75 Å². The van der Waals surface area contributed by atoms with E-state index in [1.807, 2.05) is 49.4 Å². The van der Waals surface area contributed by atoms with E-state index in [-0.39, 0.29) is 23.1 Å². The van der Waals surface area contributed by atoms with E-state index in [0.29, 0.717) is 17.9 Å². The summed E-state index contributed by atoms with van der Waals surface area (Å²) in [4.78, 5) is 32.2. The van der Waals surface area contributed by atoms with E-state index in [2.05, 4.69) is 24.1 Å². The van der Waals surface area contributed by atoms with E-state index in [1.165, 1.54) is 0 Å². The number of benzene rings is 1. The fourth-order valence-electron chi connectivity index (χ4n) is 3.25. The molecule has 0 saturated carbocycles. The maximum atomic E-state index is 13.3. The summed E-state index contributed by atoms with van der Waals surface area (Å²) in [5.74, 6) is 0.665. The molecule has 2 atom stereocenters. The largest absolute Gasteiger partial charge is 0.349 e. The molecular formula is C21H25N3O2S. The number of rotatable bonds is 5. The highest BCUT2D eigenvalue weighted by Gasteiger charge is 2.43. The minimum Gasteiger partial charge on any atom is -0.349 e. The molecule has 1 aliphatic rings. The van der Waals surface area contributed by atoms with Crippen molar-refractivity contribution in [1.29, 1.82) is 0 Å². The van der Waals surface area contributed by atoms with E-state index < -0.39 is 6.04 Å². The van der Waals surface area contributed by atoms with Crippen molar-refractivity contribution >= 4 is 23.6 Å². The number of hydrogen-bond acceptors (Lipinski definition) is 4. The lowest BCUT2D eigenvalue weighted by Gasteiger charge is -2.31. The highest BCUT2D eigenvalue weighted by Crippen LogP contribution is 2.35. The molecule has 142 valence electrons. The maximum Gasteiger partial charge on any atom is 0.255 e. The van der Waals surface area contributed by atoms with Gasteiger partial charge in [0.05, 0.1) is 17.6 Å². The van der Waals surface area contributed by atoms with Gasteiger partial charge in [0.2, 0.25) is 5.91 Å². The van der Waals surface area contributed by atoms with Crippen molar-refractivity contribution in [3.8, 4) is 0 Å². The fourth-order valence-corrected chi connectivity index (χ4v) is 4.73. The summed E-state index contributed by atoms with van der Waals surface area (Å²) < 4.78 is 0. The van der Waals surface area contributed by atoms with Gasteiger partial charge in [-0.05, 0) is 36.6 Å². The Hall–Kier alpha value is -2.34. The Kier molecular flexibility index (Phi) is 6.16. The average molecular weight is 384 g/mol. The molecule has 2 aromatic rings. The Morgan fingerprint density at radius 3 is 2.63 bits per heavy atom. The Morgan fingerprint density at radius 1 is 1.22 bits per heavy atom. The van der Waals surface area contributed by atoms with Crippen molar-refractivity contribution in [3.63, 3.8) is 0 Å². The monoisotopic (exact) mass is 383 g/mol. The van der Waals surface area contributed by atoms with Crippen LogP contribution < -0.4 is 5.32 Å². The van der Waals surface area contributed by atoms with Crippen LogP contribution in [0.2, 0.25) is 0 Å². The minimum atomic E-state index is -0.474. The number of thioether (sulfide) groups is 1. The molecule has 5 nitrogen and oxygen atoms in total. The highest BCUT2D eigenvalue weighted by molar-refractivity contribution is 8.00. The third kappa shape index (κ3) is 4.33. The molecular weight excluding hydrogens is 358 g/mol. The lowest BCUT2D eigenvalue weighted by Crippen LogP contribution is -2.50. The Morgan fingerprint density at radius 2 is 1.96 bits per heavy atom. The number of nitrogens with zero attached hydrogens (tertiary/aromatic N) is 2. The molecule has 2 heterocycles. The van der Waals surface area contributed by atoms with E-state index in [9.17, 15) is 9.59 Å². The number of aromatic nitrogens is 1. The summed E-state index contributed by atoms with van der Waals surface area (Å²) in [6, 6.07) is 12.7. The summed E-state index contributed by atoms with van der Waals surface area (Å²) in [7, 11) is 0. The van der Waals surface area contributed by atoms with Crippen molar-refractivity contribution in [2.45, 2.75) is 38.7 Å². The predicted molar refractivity (Wildman–Crippen MR) is 108 cm³/mol. The topological polar surface area (TPSA) is 62.3 Å². The van der Waals surface area contributed by atoms with E-state index >= 15 is 0 Å². The molecule has 1 N–H and O–H groups in total. The minimum absolute atomic E-state index is 0.0114. The quantitative estimate of drug-likeness (QED) is 0.861. The van der Waals surface area contributed by atoms with Gasteiger partial charge in [0, 0.05) is 17.5 Å². The number of carbonyl (C=O) groups is 2. The van der Waals surface area contributed by atoms with Crippen molar-refractivity contribution in [2.24, 2.45) is 5.92 Å². The normalized spacial score (nSPS) is 19.3. The molecule has 3 rings (SSSR count). The van der Waals surface area contributed by atoms with Crippen molar-refractivity contribution in [3.05, 3.63) is 65.5 Å². The second-order valence-electron chi connectivity index (χ2n) is 7.05. The summed E-state index contributed by atoms with van der Waals surface area (Å²) in [5.41, 5.74) is 2.39. The Bertz CT molecular complexity index is 810. The van der Waals surface area contributed by atoms with Gasteiger partial charge in [-0.2, -0.15) is 0 Å². The molecule has 1 aromatic heterocycles. The van der Waals surface area contributed by atoms with Crippen LogP contribution in [0.3, 0.4) is 0 Å². The molecule has 1 fully saturated rings. The summed E-state index contributed by atoms with van der Waals surface area (Å²) in [6.45, 7) is 6.46. The van der Waals surface area contributed by atoms with Gasteiger partial charge in [-0.15, -0.1) is 11.8 Å². The van der Waals surface area contributed by atoms with Gasteiger partial charge < -0.3 is 10.2 Å². The highest BCUT2D eigenvalue weighted by atomic mass is 32.2. The van der Waals surface area contributed by atoms with Gasteiger partial charge in [-0.1, -0.05) is 38.1 Å². The summed E-state index contributed by atoms with van der Waals surface area (Å²) in [6.07, 6.45) is 1.70. The van der Waals surface area contributed by atoms with Crippen LogP contribution in [0.4, 0.5) is 0 Å². The van der Waals surface area contributed by atoms with Crippen molar-refractivity contribution < 1.29 is 9.59 Å². The number of aryl methyl sites for hydroxylation is 1. The van der Waals surface area contributed by atoms with Crippen LogP contribution in [-0.2, 0) is 11.3 Å². The van der Waals surface area contributed by atoms with Crippen LogP contribution in [0.1, 0.15) is 35.5 Å². The number of nitrogens with one attached hydrogen (secondary N) is 1. The van der Waals surface area contributed by atoms with Crippen LogP contribution in [0, 0.1) is 12.8 Å². The summed E-state index contributed by atoms with van der Waals surface area (Å²) in [5, 5.41) is 2.93. The van der Waals surface area contributed by atoms with Crippen molar-refractivity contribution in [1.82, 2.24) is 15.2 Å². The zero-order chi connectivity index (χ0) is 19.4. The predicted octanol–water partition coefficient (Wildman–Crippen LogP) is 3.25. The van der Waals surface area contributed by atoms with E-state index in [1.54, 1.807) is 22.9 Å². The molecule has 0 bridgehead atoms. The third-order valence-corrected chi connectivity index (χ3v) is 6.31. The molecule has 2 amide bonds. The number of hydrogen-bond donors (Lipinski definition) is 1. The smallest absolute Gasteiger partial charge is 0.255 e. The molecule has 1 aliphatic heterocycles. The number of carbonyl (C=O) groups excluding carboxylic acids is 2. The van der Waals surface area contributed by atoms with E-state index in [0.717, 1.165) is 11.3 Å². The Balaban J connectivity index is 1.79. The molecule has 2 unspecified atom stereocenters. The summed E-state index contributed by atoms with van der Waals surface area (Å²) >= 11 is 1.67. The molecule has 1 saturated heterocycles. The Labute approximate surface area is 164 Å². The molecule has 0 spiro atoms. The van der Waals surface area contributed by atoms with Gasteiger partial charge in [-0.3, -0.25) is 14.6 Å². The van der Waals surface area contributed by atoms with Crippen LogP contribution in [-0.4, -0.2) is 38.9 Å². The second-order valence-corrected chi connectivity index (χ2v) is 8.20. The standard InChI is InChI=1S/C21H25N3O2S/c1-14(2)21-24(20(26)17-10-5-4-8-15(17)3)18(13-27-21)19(25)23-12-16-9-6-7-11-22-16/h4-11,14,18,21H,12-13H2,1-3H3,(H,23,25). The van der Waals surface area contributed by atoms with Crippen LogP contribution in [0.5, 0.6) is 0 Å². The zero-order valence-corrected chi connectivity index (χ0v) is 16.7. The first-order valence-electron chi connectivity index (χ1n) is 9.16. The first-order valence-corrected chi connectivity index (χ1v) is 10.2. The first-order chi connectivity index (χ1) is 13.0. The second kappa shape index (κ2) is 8.57. The van der Waals surface area contributed by atoms with Gasteiger partial charge in [0.1, 0.15) is 6.04 Å². The number of pyridine rings is 1. The zero-order valence-electron chi connectivity index (χ0n) is 15.9. The lowest BCUT2D eigenvalue weighted by atomic mass is 10.0. The average Bonchev–Trinajstić information content (AvgIpc) is 3.12. The number of amides is 2. The van der Waals surface area contributed by atoms with Crippen LogP contribution >= 0.6 is 11.8 Å². The molecule has 0 radical (unpaired) electrons. The maximum absolute atomic E-state index is 13.3. The van der Waals surface area contributed by atoms with Gasteiger partial charge in [0.25, 0.3) is 5.91 Å². The fraction of sp³-hybridized carbons (Fsp3) is 0.381. The molecule has 6 heteroatoms. The van der Waals surface area contributed by atoms with E-state index in [4.69, 9.17) is 0 Å². The molecule has 1 aromatic carbocycles.